The molecule has 100 valence electrons. The Morgan fingerprint density at radius 2 is 1.82 bits per heavy atom. The number of nitrogens with zero attached hydrogens (tertiary/aromatic N) is 1. The summed E-state index contributed by atoms with van der Waals surface area (Å²) in [5, 5.41) is 10.4. The van der Waals surface area contributed by atoms with Crippen molar-refractivity contribution in [3.8, 4) is 0 Å². The molecule has 2 aliphatic rings. The molecule has 1 saturated carbocycles. The highest BCUT2D eigenvalue weighted by Crippen LogP contribution is 2.26. The van der Waals surface area contributed by atoms with Crippen molar-refractivity contribution in [1.29, 1.82) is 0 Å². The van der Waals surface area contributed by atoms with E-state index >= 15 is 0 Å². The summed E-state index contributed by atoms with van der Waals surface area (Å²) in [6, 6.07) is 0. The second-order valence-electron chi connectivity index (χ2n) is 6.04. The third-order valence-corrected chi connectivity index (χ3v) is 4.28. The summed E-state index contributed by atoms with van der Waals surface area (Å²) in [5.41, 5.74) is -0.498. The maximum Gasteiger partial charge on any atom is 0.0817 e. The molecule has 3 heteroatoms. The molecule has 2 rings (SSSR count). The van der Waals surface area contributed by atoms with Gasteiger partial charge in [-0.25, -0.2) is 0 Å². The lowest BCUT2D eigenvalue weighted by molar-refractivity contribution is -0.0784. The van der Waals surface area contributed by atoms with Crippen LogP contribution >= 0.6 is 0 Å². The van der Waals surface area contributed by atoms with Gasteiger partial charge in [0.05, 0.1) is 5.60 Å². The summed E-state index contributed by atoms with van der Waals surface area (Å²) in [6.45, 7) is 3.40. The molecule has 1 aliphatic carbocycles. The molecule has 0 atom stereocenters. The Kier molecular flexibility index (Phi) is 4.83. The van der Waals surface area contributed by atoms with Crippen molar-refractivity contribution in [1.82, 2.24) is 4.90 Å². The van der Waals surface area contributed by atoms with Crippen LogP contribution < -0.4 is 0 Å². The lowest BCUT2D eigenvalue weighted by Gasteiger charge is -2.37. The minimum Gasteiger partial charge on any atom is -0.388 e. The molecule has 17 heavy (non-hydrogen) atoms. The van der Waals surface area contributed by atoms with Gasteiger partial charge in [-0.2, -0.15) is 0 Å². The van der Waals surface area contributed by atoms with E-state index in [2.05, 4.69) is 11.9 Å². The van der Waals surface area contributed by atoms with Crippen LogP contribution in [0.25, 0.3) is 0 Å². The van der Waals surface area contributed by atoms with Gasteiger partial charge in [-0.05, 0) is 25.8 Å². The fourth-order valence-electron chi connectivity index (χ4n) is 3.29. The molecule has 0 aromatic heterocycles. The van der Waals surface area contributed by atoms with Crippen molar-refractivity contribution >= 4 is 0 Å². The Bertz CT molecular complexity index is 220. The minimum atomic E-state index is -0.498. The van der Waals surface area contributed by atoms with Crippen LogP contribution in [0.5, 0.6) is 0 Å². The fraction of sp³-hybridized carbons (Fsp3) is 1.00. The van der Waals surface area contributed by atoms with Crippen LogP contribution in [0.4, 0.5) is 0 Å². The largest absolute Gasteiger partial charge is 0.388 e. The Balaban J connectivity index is 1.73. The topological polar surface area (TPSA) is 32.7 Å². The van der Waals surface area contributed by atoms with Crippen LogP contribution in [-0.2, 0) is 4.74 Å². The second kappa shape index (κ2) is 6.17. The summed E-state index contributed by atoms with van der Waals surface area (Å²) >= 11 is 0. The first-order valence-corrected chi connectivity index (χ1v) is 7.17. The molecule has 1 heterocycles. The summed E-state index contributed by atoms with van der Waals surface area (Å²) in [6.07, 6.45) is 8.57. The zero-order valence-corrected chi connectivity index (χ0v) is 11.2. The molecule has 0 radical (unpaired) electrons. The molecule has 1 N–H and O–H groups in total. The molecule has 1 aliphatic heterocycles. The van der Waals surface area contributed by atoms with Crippen molar-refractivity contribution in [3.05, 3.63) is 0 Å². The summed E-state index contributed by atoms with van der Waals surface area (Å²) < 4.78 is 5.32. The lowest BCUT2D eigenvalue weighted by Crippen LogP contribution is -2.46. The van der Waals surface area contributed by atoms with Gasteiger partial charge in [0, 0.05) is 39.1 Å². The average Bonchev–Trinajstić information content (AvgIpc) is 2.30. The quantitative estimate of drug-likeness (QED) is 0.817. The molecule has 0 bridgehead atoms. The normalized spacial score (nSPS) is 26.3. The molecule has 1 saturated heterocycles. The molecule has 0 amide bonds. The number of hydrogen-bond donors (Lipinski definition) is 1. The number of aliphatic hydroxyl groups is 1. The van der Waals surface area contributed by atoms with Gasteiger partial charge in [0.2, 0.25) is 0 Å². The highest BCUT2D eigenvalue weighted by atomic mass is 16.5. The standard InChI is InChI=1S/C14H27NO2/c1-15(11-13-5-3-2-4-6-13)12-14(16)7-9-17-10-8-14/h13,16H,2-12H2,1H3. The minimum absolute atomic E-state index is 0.498. The lowest BCUT2D eigenvalue weighted by atomic mass is 9.88. The van der Waals surface area contributed by atoms with Gasteiger partial charge in [0.15, 0.2) is 0 Å². The summed E-state index contributed by atoms with van der Waals surface area (Å²) in [4.78, 5) is 2.33. The smallest absolute Gasteiger partial charge is 0.0817 e. The third kappa shape index (κ3) is 4.23. The third-order valence-electron chi connectivity index (χ3n) is 4.28. The number of hydrogen-bond acceptors (Lipinski definition) is 3. The van der Waals surface area contributed by atoms with Crippen LogP contribution in [0, 0.1) is 5.92 Å². The van der Waals surface area contributed by atoms with Gasteiger partial charge in [-0.3, -0.25) is 0 Å². The Labute approximate surface area is 105 Å². The van der Waals surface area contributed by atoms with Crippen molar-refractivity contribution in [2.24, 2.45) is 5.92 Å². The van der Waals surface area contributed by atoms with Gasteiger partial charge >= 0.3 is 0 Å². The number of rotatable bonds is 4. The maximum absolute atomic E-state index is 10.4. The van der Waals surface area contributed by atoms with E-state index in [1.54, 1.807) is 0 Å². The molecule has 3 nitrogen and oxygen atoms in total. The first-order valence-electron chi connectivity index (χ1n) is 7.17. The molecule has 0 unspecified atom stereocenters. The van der Waals surface area contributed by atoms with Crippen molar-refractivity contribution in [3.63, 3.8) is 0 Å². The van der Waals surface area contributed by atoms with Crippen molar-refractivity contribution in [2.75, 3.05) is 33.4 Å². The van der Waals surface area contributed by atoms with Crippen molar-refractivity contribution < 1.29 is 9.84 Å². The van der Waals surface area contributed by atoms with Crippen molar-refractivity contribution in [2.45, 2.75) is 50.5 Å². The SMILES string of the molecule is CN(CC1CCCCC1)CC1(O)CCOCC1. The van der Waals surface area contributed by atoms with E-state index in [9.17, 15) is 5.11 Å². The molecular weight excluding hydrogens is 214 g/mol. The average molecular weight is 241 g/mol. The highest BCUT2D eigenvalue weighted by molar-refractivity contribution is 4.84. The van der Waals surface area contributed by atoms with E-state index < -0.39 is 5.60 Å². The van der Waals surface area contributed by atoms with Gasteiger partial charge in [0.1, 0.15) is 0 Å². The predicted molar refractivity (Wildman–Crippen MR) is 69.1 cm³/mol. The first-order chi connectivity index (χ1) is 8.18. The van der Waals surface area contributed by atoms with E-state index in [1.807, 2.05) is 0 Å². The zero-order valence-electron chi connectivity index (χ0n) is 11.2. The van der Waals surface area contributed by atoms with E-state index in [4.69, 9.17) is 4.74 Å². The first kappa shape index (κ1) is 13.3. The Morgan fingerprint density at radius 1 is 1.18 bits per heavy atom. The van der Waals surface area contributed by atoms with Gasteiger partial charge in [0.25, 0.3) is 0 Å². The monoisotopic (exact) mass is 241 g/mol. The molecule has 2 fully saturated rings. The van der Waals surface area contributed by atoms with E-state index in [0.29, 0.717) is 13.2 Å². The molecule has 0 aromatic carbocycles. The predicted octanol–water partition coefficient (Wildman–Crippen LogP) is 2.04. The van der Waals surface area contributed by atoms with Crippen LogP contribution in [0.15, 0.2) is 0 Å². The van der Waals surface area contributed by atoms with Gasteiger partial charge in [-0.15, -0.1) is 0 Å². The summed E-state index contributed by atoms with van der Waals surface area (Å²) in [5.74, 6) is 0.859. The Hall–Kier alpha value is -0.120. The number of likely N-dealkylation sites (N-methyl/N-ethyl adjacent to an activating group) is 1. The molecule has 0 aromatic rings. The summed E-state index contributed by atoms with van der Waals surface area (Å²) in [7, 11) is 2.15. The Morgan fingerprint density at radius 3 is 2.47 bits per heavy atom. The maximum atomic E-state index is 10.4. The van der Waals surface area contributed by atoms with Crippen LogP contribution in [0.1, 0.15) is 44.9 Å². The van der Waals surface area contributed by atoms with E-state index in [1.165, 1.54) is 32.1 Å². The fourth-order valence-corrected chi connectivity index (χ4v) is 3.29. The second-order valence-corrected chi connectivity index (χ2v) is 6.04. The van der Waals surface area contributed by atoms with Crippen LogP contribution in [0.3, 0.4) is 0 Å². The van der Waals surface area contributed by atoms with Gasteiger partial charge < -0.3 is 14.7 Å². The van der Waals surface area contributed by atoms with Crippen LogP contribution in [-0.4, -0.2) is 49.0 Å². The highest BCUT2D eigenvalue weighted by Gasteiger charge is 2.31. The van der Waals surface area contributed by atoms with Gasteiger partial charge in [-0.1, -0.05) is 19.3 Å². The van der Waals surface area contributed by atoms with Crippen LogP contribution in [0.2, 0.25) is 0 Å². The van der Waals surface area contributed by atoms with E-state index in [-0.39, 0.29) is 0 Å². The zero-order chi connectivity index (χ0) is 12.1. The number of ether oxygens (including phenoxy) is 1. The molecule has 0 spiro atoms. The molecular formula is C14H27NO2. The van der Waals surface area contributed by atoms with E-state index in [0.717, 1.165) is 31.8 Å².